The Labute approximate surface area is 118 Å². The van der Waals surface area contributed by atoms with Crippen LogP contribution in [0.3, 0.4) is 0 Å². The van der Waals surface area contributed by atoms with E-state index in [-0.39, 0.29) is 17.1 Å². The number of halogens is 1. The molecular formula is C14H19ClN2O2. The lowest BCUT2D eigenvalue weighted by Gasteiger charge is -2.22. The third kappa shape index (κ3) is 3.01. The van der Waals surface area contributed by atoms with Crippen LogP contribution in [-0.4, -0.2) is 36.1 Å². The van der Waals surface area contributed by atoms with E-state index < -0.39 is 0 Å². The first-order valence-corrected chi connectivity index (χ1v) is 6.74. The fourth-order valence-electron chi connectivity index (χ4n) is 2.59. The lowest BCUT2D eigenvalue weighted by atomic mass is 9.89. The van der Waals surface area contributed by atoms with Crippen molar-refractivity contribution in [1.29, 1.82) is 0 Å². The first kappa shape index (κ1) is 14.2. The summed E-state index contributed by atoms with van der Waals surface area (Å²) >= 11 is 5.90. The number of likely N-dealkylation sites (tertiary alicyclic amines) is 1. The second-order valence-corrected chi connectivity index (χ2v) is 5.79. The molecule has 1 saturated heterocycles. The minimum Gasteiger partial charge on any atom is -0.506 e. The first-order chi connectivity index (χ1) is 8.94. The number of phenols is 1. The van der Waals surface area contributed by atoms with Gasteiger partial charge in [-0.15, -0.1) is 0 Å². The normalized spacial score (nSPS) is 23.5. The SMILES string of the molecule is CNC(=O)C1(C)CCN(Cc2ccc(O)c(Cl)c2)C1. The molecule has 104 valence electrons. The van der Waals surface area contributed by atoms with E-state index in [2.05, 4.69) is 10.2 Å². The second-order valence-electron chi connectivity index (χ2n) is 5.39. The van der Waals surface area contributed by atoms with Crippen LogP contribution in [0.1, 0.15) is 18.9 Å². The van der Waals surface area contributed by atoms with Gasteiger partial charge < -0.3 is 10.4 Å². The number of hydrogen-bond donors (Lipinski definition) is 2. The zero-order valence-electron chi connectivity index (χ0n) is 11.2. The van der Waals surface area contributed by atoms with Gasteiger partial charge in [-0.05, 0) is 37.6 Å². The van der Waals surface area contributed by atoms with Crippen LogP contribution in [-0.2, 0) is 11.3 Å². The molecule has 1 fully saturated rings. The van der Waals surface area contributed by atoms with E-state index >= 15 is 0 Å². The van der Waals surface area contributed by atoms with Gasteiger partial charge in [0.25, 0.3) is 0 Å². The highest BCUT2D eigenvalue weighted by Gasteiger charge is 2.39. The van der Waals surface area contributed by atoms with E-state index in [0.29, 0.717) is 5.02 Å². The highest BCUT2D eigenvalue weighted by Crippen LogP contribution is 2.32. The van der Waals surface area contributed by atoms with Crippen LogP contribution >= 0.6 is 11.6 Å². The standard InChI is InChI=1S/C14H19ClN2O2/c1-14(13(19)16-2)5-6-17(9-14)8-10-3-4-12(18)11(15)7-10/h3-4,7,18H,5-6,8-9H2,1-2H3,(H,16,19). The zero-order chi connectivity index (χ0) is 14.0. The van der Waals surface area contributed by atoms with Crippen LogP contribution in [0.2, 0.25) is 5.02 Å². The first-order valence-electron chi connectivity index (χ1n) is 6.36. The molecule has 2 N–H and O–H groups in total. The number of rotatable bonds is 3. The molecule has 1 aliphatic rings. The number of amides is 1. The molecule has 1 aliphatic heterocycles. The van der Waals surface area contributed by atoms with Crippen molar-refractivity contribution < 1.29 is 9.90 Å². The summed E-state index contributed by atoms with van der Waals surface area (Å²) in [5, 5.41) is 12.5. The molecule has 0 spiro atoms. The van der Waals surface area contributed by atoms with Gasteiger partial charge in [-0.25, -0.2) is 0 Å². The molecule has 0 bridgehead atoms. The molecule has 1 heterocycles. The minimum atomic E-state index is -0.310. The molecule has 0 radical (unpaired) electrons. The Morgan fingerprint density at radius 3 is 2.95 bits per heavy atom. The summed E-state index contributed by atoms with van der Waals surface area (Å²) in [4.78, 5) is 14.1. The molecule has 0 saturated carbocycles. The molecular weight excluding hydrogens is 264 g/mol. The predicted molar refractivity (Wildman–Crippen MR) is 75.2 cm³/mol. The monoisotopic (exact) mass is 282 g/mol. The van der Waals surface area contributed by atoms with Crippen molar-refractivity contribution in [3.05, 3.63) is 28.8 Å². The van der Waals surface area contributed by atoms with Gasteiger partial charge in [-0.1, -0.05) is 17.7 Å². The minimum absolute atomic E-state index is 0.0961. The number of hydrogen-bond acceptors (Lipinski definition) is 3. The molecule has 0 aromatic heterocycles. The van der Waals surface area contributed by atoms with E-state index in [0.717, 1.165) is 31.6 Å². The van der Waals surface area contributed by atoms with E-state index in [1.54, 1.807) is 19.2 Å². The Kier molecular flexibility index (Phi) is 4.02. The third-order valence-electron chi connectivity index (χ3n) is 3.75. The molecule has 1 atom stereocenters. The number of carbonyl (C=O) groups excluding carboxylic acids is 1. The van der Waals surface area contributed by atoms with E-state index in [1.165, 1.54) is 0 Å². The molecule has 1 unspecified atom stereocenters. The van der Waals surface area contributed by atoms with Gasteiger partial charge in [0.15, 0.2) is 0 Å². The maximum atomic E-state index is 11.8. The number of phenolic OH excluding ortho intramolecular Hbond substituents is 1. The van der Waals surface area contributed by atoms with Crippen molar-refractivity contribution >= 4 is 17.5 Å². The smallest absolute Gasteiger partial charge is 0.227 e. The summed E-state index contributed by atoms with van der Waals surface area (Å²) in [5.41, 5.74) is 0.735. The predicted octanol–water partition coefficient (Wildman–Crippen LogP) is 2.00. The number of benzene rings is 1. The number of nitrogens with zero attached hydrogens (tertiary/aromatic N) is 1. The van der Waals surface area contributed by atoms with Crippen molar-refractivity contribution in [1.82, 2.24) is 10.2 Å². The average Bonchev–Trinajstić information content (AvgIpc) is 2.76. The summed E-state index contributed by atoms with van der Waals surface area (Å²) in [6.45, 7) is 4.37. The van der Waals surface area contributed by atoms with Crippen molar-refractivity contribution in [3.8, 4) is 5.75 Å². The number of aromatic hydroxyl groups is 1. The molecule has 4 nitrogen and oxygen atoms in total. The van der Waals surface area contributed by atoms with Gasteiger partial charge in [-0.2, -0.15) is 0 Å². The van der Waals surface area contributed by atoms with Crippen LogP contribution in [0, 0.1) is 5.41 Å². The Morgan fingerprint density at radius 1 is 1.58 bits per heavy atom. The summed E-state index contributed by atoms with van der Waals surface area (Å²) in [5.74, 6) is 0.195. The molecule has 2 rings (SSSR count). The van der Waals surface area contributed by atoms with Crippen LogP contribution in [0.5, 0.6) is 5.75 Å². The molecule has 5 heteroatoms. The molecule has 1 aromatic rings. The summed E-state index contributed by atoms with van der Waals surface area (Å²) in [6, 6.07) is 5.23. The number of nitrogens with one attached hydrogen (secondary N) is 1. The number of carbonyl (C=O) groups is 1. The molecule has 0 aliphatic carbocycles. The highest BCUT2D eigenvalue weighted by atomic mass is 35.5. The summed E-state index contributed by atoms with van der Waals surface area (Å²) < 4.78 is 0. The average molecular weight is 283 g/mol. The molecule has 19 heavy (non-hydrogen) atoms. The maximum absolute atomic E-state index is 11.8. The fraction of sp³-hybridized carbons (Fsp3) is 0.500. The summed E-state index contributed by atoms with van der Waals surface area (Å²) in [7, 11) is 1.68. The van der Waals surface area contributed by atoms with E-state index in [9.17, 15) is 9.90 Å². The Hall–Kier alpha value is -1.26. The van der Waals surface area contributed by atoms with Crippen molar-refractivity contribution in [2.75, 3.05) is 20.1 Å². The van der Waals surface area contributed by atoms with E-state index in [1.807, 2.05) is 13.0 Å². The van der Waals surface area contributed by atoms with Crippen LogP contribution < -0.4 is 5.32 Å². The van der Waals surface area contributed by atoms with Crippen LogP contribution in [0.25, 0.3) is 0 Å². The second kappa shape index (κ2) is 5.39. The van der Waals surface area contributed by atoms with Gasteiger partial charge in [0, 0.05) is 20.1 Å². The summed E-state index contributed by atoms with van der Waals surface area (Å²) in [6.07, 6.45) is 0.860. The Bertz CT molecular complexity index is 492. The molecule has 1 aromatic carbocycles. The van der Waals surface area contributed by atoms with Gasteiger partial charge in [-0.3, -0.25) is 9.69 Å². The highest BCUT2D eigenvalue weighted by molar-refractivity contribution is 6.32. The largest absolute Gasteiger partial charge is 0.506 e. The van der Waals surface area contributed by atoms with Gasteiger partial charge in [0.05, 0.1) is 10.4 Å². The maximum Gasteiger partial charge on any atom is 0.227 e. The Morgan fingerprint density at radius 2 is 2.32 bits per heavy atom. The van der Waals surface area contributed by atoms with Crippen LogP contribution in [0.15, 0.2) is 18.2 Å². The van der Waals surface area contributed by atoms with Gasteiger partial charge in [0.2, 0.25) is 5.91 Å². The van der Waals surface area contributed by atoms with Crippen molar-refractivity contribution in [2.24, 2.45) is 5.41 Å². The lowest BCUT2D eigenvalue weighted by molar-refractivity contribution is -0.129. The van der Waals surface area contributed by atoms with E-state index in [4.69, 9.17) is 11.6 Å². The van der Waals surface area contributed by atoms with Crippen LogP contribution in [0.4, 0.5) is 0 Å². The Balaban J connectivity index is 2.02. The third-order valence-corrected chi connectivity index (χ3v) is 4.05. The quantitative estimate of drug-likeness (QED) is 0.892. The lowest BCUT2D eigenvalue weighted by Crippen LogP contribution is -2.39. The van der Waals surface area contributed by atoms with Gasteiger partial charge in [0.1, 0.15) is 5.75 Å². The van der Waals surface area contributed by atoms with Crippen molar-refractivity contribution in [2.45, 2.75) is 19.9 Å². The topological polar surface area (TPSA) is 52.6 Å². The van der Waals surface area contributed by atoms with Gasteiger partial charge >= 0.3 is 0 Å². The van der Waals surface area contributed by atoms with Crippen molar-refractivity contribution in [3.63, 3.8) is 0 Å². The molecule has 1 amide bonds. The fourth-order valence-corrected chi connectivity index (χ4v) is 2.79. The zero-order valence-corrected chi connectivity index (χ0v) is 12.0.